The van der Waals surface area contributed by atoms with E-state index in [4.69, 9.17) is 5.73 Å². The highest BCUT2D eigenvalue weighted by Gasteiger charge is 2.39. The average Bonchev–Trinajstić information content (AvgIpc) is 1.85. The van der Waals surface area contributed by atoms with Crippen molar-refractivity contribution in [1.82, 2.24) is 0 Å². The number of hydrogen-bond acceptors (Lipinski definition) is 1. The van der Waals surface area contributed by atoms with Crippen molar-refractivity contribution in [3.63, 3.8) is 0 Å². The lowest BCUT2D eigenvalue weighted by Gasteiger charge is -2.46. The summed E-state index contributed by atoms with van der Waals surface area (Å²) in [6.07, 6.45) is 5.04. The smallest absolute Gasteiger partial charge is 0.0180 e. The Morgan fingerprint density at radius 3 is 2.33 bits per heavy atom. The Bertz CT molecular complexity index is 94.7. The highest BCUT2D eigenvalue weighted by atomic mass is 14.8. The van der Waals surface area contributed by atoms with Crippen LogP contribution in [0.1, 0.15) is 39.5 Å². The van der Waals surface area contributed by atoms with Crippen molar-refractivity contribution in [1.29, 1.82) is 0 Å². The second-order valence-electron chi connectivity index (χ2n) is 3.23. The molecule has 2 atom stereocenters. The monoisotopic (exact) mass is 127 g/mol. The molecule has 0 bridgehead atoms. The Morgan fingerprint density at radius 2 is 2.22 bits per heavy atom. The van der Waals surface area contributed by atoms with E-state index in [0.717, 1.165) is 12.3 Å². The van der Waals surface area contributed by atoms with E-state index in [0.29, 0.717) is 0 Å². The third-order valence-electron chi connectivity index (χ3n) is 2.92. The Morgan fingerprint density at radius 1 is 1.56 bits per heavy atom. The first-order valence-corrected chi connectivity index (χ1v) is 4.02. The third kappa shape index (κ3) is 0.983. The van der Waals surface area contributed by atoms with Gasteiger partial charge in [0.2, 0.25) is 0 Å². The third-order valence-corrected chi connectivity index (χ3v) is 2.92. The van der Waals surface area contributed by atoms with Crippen LogP contribution in [0.4, 0.5) is 0 Å². The van der Waals surface area contributed by atoms with Gasteiger partial charge in [-0.05, 0) is 25.2 Å². The summed E-state index contributed by atoms with van der Waals surface area (Å²) < 4.78 is 0. The van der Waals surface area contributed by atoms with Crippen LogP contribution in [-0.4, -0.2) is 5.54 Å². The zero-order chi connectivity index (χ0) is 6.91. The summed E-state index contributed by atoms with van der Waals surface area (Å²) in [5.41, 5.74) is 6.29. The minimum absolute atomic E-state index is 0.231. The fourth-order valence-corrected chi connectivity index (χ4v) is 1.80. The van der Waals surface area contributed by atoms with Crippen molar-refractivity contribution in [2.45, 2.75) is 45.1 Å². The molecule has 54 valence electrons. The van der Waals surface area contributed by atoms with Gasteiger partial charge in [-0.2, -0.15) is 0 Å². The van der Waals surface area contributed by atoms with E-state index in [9.17, 15) is 0 Å². The molecule has 0 radical (unpaired) electrons. The topological polar surface area (TPSA) is 26.0 Å². The molecule has 0 aromatic heterocycles. The molecule has 1 unspecified atom stereocenters. The van der Waals surface area contributed by atoms with Crippen molar-refractivity contribution in [2.24, 2.45) is 11.7 Å². The van der Waals surface area contributed by atoms with Gasteiger partial charge in [-0.25, -0.2) is 0 Å². The molecule has 0 heterocycles. The molecule has 0 saturated heterocycles. The summed E-state index contributed by atoms with van der Waals surface area (Å²) in [6, 6.07) is 0. The van der Waals surface area contributed by atoms with Crippen molar-refractivity contribution >= 4 is 0 Å². The fraction of sp³-hybridized carbons (Fsp3) is 1.00. The normalized spacial score (nSPS) is 42.3. The molecule has 0 aromatic rings. The van der Waals surface area contributed by atoms with Crippen LogP contribution in [0.15, 0.2) is 0 Å². The highest BCUT2D eigenvalue weighted by Crippen LogP contribution is 2.40. The zero-order valence-electron chi connectivity index (χ0n) is 6.48. The van der Waals surface area contributed by atoms with E-state index in [1.807, 2.05) is 0 Å². The van der Waals surface area contributed by atoms with Crippen LogP contribution in [0.2, 0.25) is 0 Å². The minimum atomic E-state index is 0.231. The van der Waals surface area contributed by atoms with Gasteiger partial charge < -0.3 is 5.73 Å². The summed E-state index contributed by atoms with van der Waals surface area (Å²) in [4.78, 5) is 0. The lowest BCUT2D eigenvalue weighted by Crippen LogP contribution is -2.54. The summed E-state index contributed by atoms with van der Waals surface area (Å²) >= 11 is 0. The molecule has 1 aliphatic rings. The second-order valence-corrected chi connectivity index (χ2v) is 3.23. The van der Waals surface area contributed by atoms with E-state index >= 15 is 0 Å². The van der Waals surface area contributed by atoms with Gasteiger partial charge in [0.15, 0.2) is 0 Å². The summed E-state index contributed by atoms with van der Waals surface area (Å²) in [5, 5.41) is 0. The fourth-order valence-electron chi connectivity index (χ4n) is 1.80. The standard InChI is InChI=1S/C8H17N/c1-3-7-5-6-8(7,9)4-2/h7H,3-6,9H2,1-2H3/t7?,8-/m1/s1. The van der Waals surface area contributed by atoms with Crippen molar-refractivity contribution in [3.8, 4) is 0 Å². The van der Waals surface area contributed by atoms with E-state index in [1.54, 1.807) is 0 Å². The van der Waals surface area contributed by atoms with Gasteiger partial charge in [0, 0.05) is 5.54 Å². The molecule has 9 heavy (non-hydrogen) atoms. The van der Waals surface area contributed by atoms with Crippen LogP contribution in [0.3, 0.4) is 0 Å². The Kier molecular flexibility index (Phi) is 1.80. The summed E-state index contributed by atoms with van der Waals surface area (Å²) in [7, 11) is 0. The van der Waals surface area contributed by atoms with Gasteiger partial charge in [-0.1, -0.05) is 20.3 Å². The molecule has 1 aliphatic carbocycles. The summed E-state index contributed by atoms with van der Waals surface area (Å²) in [6.45, 7) is 4.43. The lowest BCUT2D eigenvalue weighted by atomic mass is 9.65. The molecule has 0 spiro atoms. The van der Waals surface area contributed by atoms with E-state index < -0.39 is 0 Å². The van der Waals surface area contributed by atoms with Gasteiger partial charge in [-0.15, -0.1) is 0 Å². The SMILES string of the molecule is CCC1CC[C@]1(N)CC. The maximum Gasteiger partial charge on any atom is 0.0180 e. The zero-order valence-corrected chi connectivity index (χ0v) is 6.48. The lowest BCUT2D eigenvalue weighted by molar-refractivity contribution is 0.118. The van der Waals surface area contributed by atoms with Crippen LogP contribution >= 0.6 is 0 Å². The van der Waals surface area contributed by atoms with E-state index in [2.05, 4.69) is 13.8 Å². The first-order valence-electron chi connectivity index (χ1n) is 4.02. The molecule has 0 amide bonds. The average molecular weight is 127 g/mol. The second kappa shape index (κ2) is 2.30. The quantitative estimate of drug-likeness (QED) is 0.602. The van der Waals surface area contributed by atoms with E-state index in [-0.39, 0.29) is 5.54 Å². The van der Waals surface area contributed by atoms with Gasteiger partial charge >= 0.3 is 0 Å². The number of rotatable bonds is 2. The van der Waals surface area contributed by atoms with Crippen LogP contribution in [-0.2, 0) is 0 Å². The summed E-state index contributed by atoms with van der Waals surface area (Å²) in [5.74, 6) is 0.822. The van der Waals surface area contributed by atoms with Crippen LogP contribution in [0, 0.1) is 5.92 Å². The Hall–Kier alpha value is -0.0400. The van der Waals surface area contributed by atoms with Crippen molar-refractivity contribution in [3.05, 3.63) is 0 Å². The predicted molar refractivity (Wildman–Crippen MR) is 40.2 cm³/mol. The molecular weight excluding hydrogens is 110 g/mol. The largest absolute Gasteiger partial charge is 0.325 e. The van der Waals surface area contributed by atoms with Gasteiger partial charge in [0.25, 0.3) is 0 Å². The van der Waals surface area contributed by atoms with Gasteiger partial charge in [-0.3, -0.25) is 0 Å². The molecule has 2 N–H and O–H groups in total. The first kappa shape index (κ1) is 7.07. The Labute approximate surface area is 57.6 Å². The van der Waals surface area contributed by atoms with Crippen LogP contribution < -0.4 is 5.73 Å². The molecular formula is C8H17N. The van der Waals surface area contributed by atoms with Gasteiger partial charge in [0.1, 0.15) is 0 Å². The molecule has 1 heteroatoms. The molecule has 0 aromatic carbocycles. The van der Waals surface area contributed by atoms with Gasteiger partial charge in [0.05, 0.1) is 0 Å². The first-order chi connectivity index (χ1) is 4.23. The maximum absolute atomic E-state index is 6.06. The minimum Gasteiger partial charge on any atom is -0.325 e. The molecule has 1 saturated carbocycles. The molecule has 1 fully saturated rings. The molecule has 1 nitrogen and oxygen atoms in total. The van der Waals surface area contributed by atoms with Crippen molar-refractivity contribution < 1.29 is 0 Å². The molecule has 1 rings (SSSR count). The van der Waals surface area contributed by atoms with Crippen LogP contribution in [0.25, 0.3) is 0 Å². The number of nitrogens with two attached hydrogens (primary N) is 1. The van der Waals surface area contributed by atoms with Crippen LogP contribution in [0.5, 0.6) is 0 Å². The van der Waals surface area contributed by atoms with E-state index in [1.165, 1.54) is 19.3 Å². The number of hydrogen-bond donors (Lipinski definition) is 1. The molecule has 0 aliphatic heterocycles. The Balaban J connectivity index is 2.41. The predicted octanol–water partition coefficient (Wildman–Crippen LogP) is 1.91. The van der Waals surface area contributed by atoms with Crippen molar-refractivity contribution in [2.75, 3.05) is 0 Å². The maximum atomic E-state index is 6.06. The highest BCUT2D eigenvalue weighted by molar-refractivity contribution is 4.98.